The van der Waals surface area contributed by atoms with E-state index in [-0.39, 0.29) is 23.5 Å². The van der Waals surface area contributed by atoms with Crippen LogP contribution in [0.4, 0.5) is 14.5 Å². The molecule has 1 heterocycles. The summed E-state index contributed by atoms with van der Waals surface area (Å²) in [7, 11) is 0. The van der Waals surface area contributed by atoms with E-state index in [1.54, 1.807) is 29.7 Å². The molecule has 0 saturated heterocycles. The topological polar surface area (TPSA) is 88.9 Å². The molecule has 0 aliphatic heterocycles. The first-order valence-corrected chi connectivity index (χ1v) is 10.6. The Labute approximate surface area is 187 Å². The number of carbonyl (C=O) groups excluding carboxylic acids is 2. The van der Waals surface area contributed by atoms with Gasteiger partial charge in [-0.1, -0.05) is 36.0 Å². The number of aromatic nitrogens is 3. The van der Waals surface area contributed by atoms with Crippen LogP contribution in [0, 0.1) is 18.6 Å². The molecule has 0 radical (unpaired) electrons. The third-order valence-electron chi connectivity index (χ3n) is 4.36. The molecule has 32 heavy (non-hydrogen) atoms. The lowest BCUT2D eigenvalue weighted by atomic mass is 10.2. The molecule has 7 nitrogen and oxygen atoms in total. The van der Waals surface area contributed by atoms with Crippen molar-refractivity contribution in [3.63, 3.8) is 0 Å². The largest absolute Gasteiger partial charge is 0.345 e. The SMILES string of the molecule is C=CCn1c(CNC(=O)c2ccccc2F)nnc1SCC(=O)Nc1ccc(C)cc1F. The summed E-state index contributed by atoms with van der Waals surface area (Å²) in [5.41, 5.74) is 0.782. The van der Waals surface area contributed by atoms with Crippen LogP contribution in [0.3, 0.4) is 0 Å². The number of nitrogens with zero attached hydrogens (tertiary/aromatic N) is 3. The van der Waals surface area contributed by atoms with Crippen LogP contribution in [0.5, 0.6) is 0 Å². The minimum absolute atomic E-state index is 0.00927. The first-order valence-electron chi connectivity index (χ1n) is 9.63. The zero-order chi connectivity index (χ0) is 23.1. The fourth-order valence-electron chi connectivity index (χ4n) is 2.81. The molecule has 2 N–H and O–H groups in total. The lowest BCUT2D eigenvalue weighted by Crippen LogP contribution is -2.25. The lowest BCUT2D eigenvalue weighted by Gasteiger charge is -2.10. The maximum Gasteiger partial charge on any atom is 0.254 e. The van der Waals surface area contributed by atoms with Gasteiger partial charge in [0.05, 0.1) is 23.5 Å². The predicted molar refractivity (Wildman–Crippen MR) is 118 cm³/mol. The molecule has 0 fully saturated rings. The summed E-state index contributed by atoms with van der Waals surface area (Å²) in [6, 6.07) is 10.2. The molecule has 0 aliphatic rings. The molecule has 0 bridgehead atoms. The van der Waals surface area contributed by atoms with E-state index >= 15 is 0 Å². The molecule has 166 valence electrons. The van der Waals surface area contributed by atoms with Gasteiger partial charge >= 0.3 is 0 Å². The maximum absolute atomic E-state index is 13.9. The molecule has 3 aromatic rings. The van der Waals surface area contributed by atoms with Gasteiger partial charge in [-0.15, -0.1) is 16.8 Å². The smallest absolute Gasteiger partial charge is 0.254 e. The average Bonchev–Trinajstić information content (AvgIpc) is 3.15. The minimum Gasteiger partial charge on any atom is -0.345 e. The quantitative estimate of drug-likeness (QED) is 0.378. The Hall–Kier alpha value is -3.53. The highest BCUT2D eigenvalue weighted by molar-refractivity contribution is 7.99. The molecule has 2 amide bonds. The van der Waals surface area contributed by atoms with Gasteiger partial charge in [-0.05, 0) is 36.8 Å². The number of hydrogen-bond donors (Lipinski definition) is 2. The zero-order valence-corrected chi connectivity index (χ0v) is 18.1. The van der Waals surface area contributed by atoms with Gasteiger partial charge in [0, 0.05) is 6.54 Å². The molecule has 0 saturated carbocycles. The molecule has 0 atom stereocenters. The van der Waals surface area contributed by atoms with Crippen molar-refractivity contribution in [2.45, 2.75) is 25.2 Å². The second-order valence-electron chi connectivity index (χ2n) is 6.78. The third kappa shape index (κ3) is 5.79. The van der Waals surface area contributed by atoms with E-state index in [1.807, 2.05) is 0 Å². The van der Waals surface area contributed by atoms with Gasteiger partial charge < -0.3 is 15.2 Å². The number of anilines is 1. The maximum atomic E-state index is 13.9. The molecule has 0 unspecified atom stereocenters. The van der Waals surface area contributed by atoms with Crippen molar-refractivity contribution in [2.24, 2.45) is 0 Å². The van der Waals surface area contributed by atoms with Crippen molar-refractivity contribution in [2.75, 3.05) is 11.1 Å². The number of halogens is 2. The van der Waals surface area contributed by atoms with Crippen LogP contribution in [0.25, 0.3) is 0 Å². The number of aryl methyl sites for hydroxylation is 1. The number of carbonyl (C=O) groups is 2. The highest BCUT2D eigenvalue weighted by atomic mass is 32.2. The van der Waals surface area contributed by atoms with Crippen LogP contribution in [0.2, 0.25) is 0 Å². The van der Waals surface area contributed by atoms with Gasteiger partial charge in [-0.3, -0.25) is 9.59 Å². The number of thioether (sulfide) groups is 1. The van der Waals surface area contributed by atoms with Gasteiger partial charge in [0.15, 0.2) is 11.0 Å². The number of rotatable bonds is 9. The standard InChI is InChI=1S/C22H21F2N5O2S/c1-3-10-29-19(12-25-21(31)15-6-4-5-7-16(15)23)27-28-22(29)32-13-20(30)26-18-9-8-14(2)11-17(18)24/h3-9,11H,1,10,12-13H2,2H3,(H,25,31)(H,26,30). The Kier molecular flexibility index (Phi) is 7.72. The number of allylic oxidation sites excluding steroid dienone is 1. The number of amides is 2. The van der Waals surface area contributed by atoms with Crippen molar-refractivity contribution in [3.8, 4) is 0 Å². The molecule has 2 aromatic carbocycles. The van der Waals surface area contributed by atoms with Crippen LogP contribution in [0.15, 0.2) is 60.3 Å². The Balaban J connectivity index is 1.62. The number of hydrogen-bond acceptors (Lipinski definition) is 5. The first-order chi connectivity index (χ1) is 15.4. The van der Waals surface area contributed by atoms with Crippen LogP contribution < -0.4 is 10.6 Å². The summed E-state index contributed by atoms with van der Waals surface area (Å²) in [6.07, 6.45) is 1.62. The summed E-state index contributed by atoms with van der Waals surface area (Å²) in [5, 5.41) is 13.7. The van der Waals surface area contributed by atoms with Crippen LogP contribution in [-0.4, -0.2) is 32.3 Å². The summed E-state index contributed by atoms with van der Waals surface area (Å²) >= 11 is 1.11. The summed E-state index contributed by atoms with van der Waals surface area (Å²) < 4.78 is 29.4. The van der Waals surface area contributed by atoms with E-state index < -0.39 is 23.4 Å². The normalized spacial score (nSPS) is 10.6. The van der Waals surface area contributed by atoms with Crippen LogP contribution in [0.1, 0.15) is 21.7 Å². The van der Waals surface area contributed by atoms with Crippen LogP contribution >= 0.6 is 11.8 Å². The summed E-state index contributed by atoms with van der Waals surface area (Å²) in [5.74, 6) is -1.72. The highest BCUT2D eigenvalue weighted by Gasteiger charge is 2.16. The van der Waals surface area contributed by atoms with Gasteiger partial charge in [-0.25, -0.2) is 8.78 Å². The first kappa shape index (κ1) is 23.1. The van der Waals surface area contributed by atoms with Gasteiger partial charge in [0.2, 0.25) is 5.91 Å². The van der Waals surface area contributed by atoms with Gasteiger partial charge in [0.25, 0.3) is 5.91 Å². The van der Waals surface area contributed by atoms with Crippen molar-refractivity contribution < 1.29 is 18.4 Å². The summed E-state index contributed by atoms with van der Waals surface area (Å²) in [4.78, 5) is 24.5. The monoisotopic (exact) mass is 457 g/mol. The molecule has 0 aliphatic carbocycles. The molecule has 0 spiro atoms. The van der Waals surface area contributed by atoms with E-state index in [4.69, 9.17) is 0 Å². The van der Waals surface area contributed by atoms with E-state index in [1.165, 1.54) is 30.3 Å². The predicted octanol–water partition coefficient (Wildman–Crippen LogP) is 3.71. The van der Waals surface area contributed by atoms with E-state index in [0.29, 0.717) is 17.5 Å². The second kappa shape index (κ2) is 10.7. The second-order valence-corrected chi connectivity index (χ2v) is 7.72. The zero-order valence-electron chi connectivity index (χ0n) is 17.3. The third-order valence-corrected chi connectivity index (χ3v) is 5.33. The van der Waals surface area contributed by atoms with Gasteiger partial charge in [-0.2, -0.15) is 0 Å². The van der Waals surface area contributed by atoms with Crippen LogP contribution in [-0.2, 0) is 17.9 Å². The fraction of sp³-hybridized carbons (Fsp3) is 0.182. The Morgan fingerprint density at radius 2 is 1.94 bits per heavy atom. The molecule has 3 rings (SSSR count). The Bertz CT molecular complexity index is 1150. The molecular formula is C22H21F2N5O2S. The summed E-state index contributed by atoms with van der Waals surface area (Å²) in [6.45, 7) is 5.80. The Morgan fingerprint density at radius 1 is 1.16 bits per heavy atom. The molecule has 10 heteroatoms. The van der Waals surface area contributed by atoms with E-state index in [9.17, 15) is 18.4 Å². The molecule has 1 aromatic heterocycles. The van der Waals surface area contributed by atoms with E-state index in [0.717, 1.165) is 17.3 Å². The lowest BCUT2D eigenvalue weighted by molar-refractivity contribution is -0.113. The van der Waals surface area contributed by atoms with E-state index in [2.05, 4.69) is 27.4 Å². The average molecular weight is 458 g/mol. The van der Waals surface area contributed by atoms with Crippen molar-refractivity contribution in [1.82, 2.24) is 20.1 Å². The van der Waals surface area contributed by atoms with Crippen molar-refractivity contribution in [3.05, 3.63) is 83.7 Å². The number of nitrogens with one attached hydrogen (secondary N) is 2. The van der Waals surface area contributed by atoms with Gasteiger partial charge in [0.1, 0.15) is 11.6 Å². The number of benzene rings is 2. The highest BCUT2D eigenvalue weighted by Crippen LogP contribution is 2.20. The Morgan fingerprint density at radius 3 is 2.66 bits per heavy atom. The molecular weight excluding hydrogens is 436 g/mol. The van der Waals surface area contributed by atoms with Crippen molar-refractivity contribution >= 4 is 29.3 Å². The minimum atomic E-state index is -0.621. The fourth-order valence-corrected chi connectivity index (χ4v) is 3.57. The van der Waals surface area contributed by atoms with Crippen molar-refractivity contribution in [1.29, 1.82) is 0 Å².